The molecule has 1 atom stereocenters. The average molecular weight is 286 g/mol. The third-order valence-electron chi connectivity index (χ3n) is 2.02. The van der Waals surface area contributed by atoms with Crippen LogP contribution in [0.4, 0.5) is 0 Å². The molecule has 0 saturated carbocycles. The molecule has 0 aliphatic heterocycles. The number of alkyl halides is 1. The fourth-order valence-electron chi connectivity index (χ4n) is 0.666. The summed E-state index contributed by atoms with van der Waals surface area (Å²) in [6, 6.07) is 0. The van der Waals surface area contributed by atoms with Gasteiger partial charge in [-0.2, -0.15) is 5.90 Å². The molecule has 0 bridgehead atoms. The van der Waals surface area contributed by atoms with E-state index in [0.29, 0.717) is 4.43 Å². The van der Waals surface area contributed by atoms with Gasteiger partial charge in [0, 0.05) is 4.43 Å². The summed E-state index contributed by atoms with van der Waals surface area (Å²) in [5, 5.41) is 0. The minimum Gasteiger partial charge on any atom is -0.372 e. The number of carbonyl (C=O) groups excluding carboxylic acids is 1. The Morgan fingerprint density at radius 3 is 2.00 bits per heavy atom. The molecule has 0 aliphatic carbocycles. The predicted octanol–water partition coefficient (Wildman–Crippen LogP) is 0.582. The van der Waals surface area contributed by atoms with E-state index in [1.807, 2.05) is 43.4 Å². The Morgan fingerprint density at radius 2 is 1.92 bits per heavy atom. The second-order valence-corrected chi connectivity index (χ2v) is 4.52. The summed E-state index contributed by atoms with van der Waals surface area (Å²) < 4.78 is 0.476. The first kappa shape index (κ1) is 12.1. The number of hydrogen-bond acceptors (Lipinski definition) is 4. The van der Waals surface area contributed by atoms with Crippen molar-refractivity contribution in [2.75, 3.05) is 4.43 Å². The van der Waals surface area contributed by atoms with Crippen molar-refractivity contribution in [2.45, 2.75) is 26.3 Å². The van der Waals surface area contributed by atoms with Crippen molar-refractivity contribution in [3.63, 3.8) is 0 Å². The molecule has 0 radical (unpaired) electrons. The maximum absolute atomic E-state index is 11.2. The summed E-state index contributed by atoms with van der Waals surface area (Å²) in [4.78, 5) is 15.4. The molecule has 12 heavy (non-hydrogen) atoms. The Morgan fingerprint density at radius 1 is 1.50 bits per heavy atom. The van der Waals surface area contributed by atoms with Gasteiger partial charge in [0.15, 0.2) is 0 Å². The third-order valence-corrected chi connectivity index (χ3v) is 3.22. The predicted molar refractivity (Wildman–Crippen MR) is 55.5 cm³/mol. The van der Waals surface area contributed by atoms with Gasteiger partial charge in [0.25, 0.3) is 0 Å². The molecule has 0 aliphatic rings. The average Bonchev–Trinajstić information content (AvgIpc) is 1.99. The van der Waals surface area contributed by atoms with Crippen LogP contribution < -0.4 is 11.6 Å². The van der Waals surface area contributed by atoms with Crippen molar-refractivity contribution in [2.24, 2.45) is 17.0 Å². The Balaban J connectivity index is 4.80. The Labute approximate surface area is 86.1 Å². The summed E-state index contributed by atoms with van der Waals surface area (Å²) in [5.41, 5.74) is 4.50. The molecule has 0 aromatic heterocycles. The van der Waals surface area contributed by atoms with E-state index < -0.39 is 11.5 Å². The van der Waals surface area contributed by atoms with E-state index in [0.717, 1.165) is 0 Å². The van der Waals surface area contributed by atoms with Crippen molar-refractivity contribution in [3.05, 3.63) is 0 Å². The van der Waals surface area contributed by atoms with E-state index in [1.54, 1.807) is 0 Å². The Kier molecular flexibility index (Phi) is 3.92. The largest absolute Gasteiger partial charge is 0.372 e. The van der Waals surface area contributed by atoms with Gasteiger partial charge in [-0.05, 0) is 5.41 Å². The van der Waals surface area contributed by atoms with Gasteiger partial charge in [0.05, 0.1) is 0 Å². The first-order valence-electron chi connectivity index (χ1n) is 3.55. The third kappa shape index (κ3) is 2.08. The molecule has 0 heterocycles. The molecular weight excluding hydrogens is 271 g/mol. The molecule has 0 spiro atoms. The number of halogens is 1. The monoisotopic (exact) mass is 286 g/mol. The first-order chi connectivity index (χ1) is 5.29. The normalized spacial score (nSPS) is 16.8. The van der Waals surface area contributed by atoms with Crippen LogP contribution in [0.3, 0.4) is 0 Å². The SMILES string of the molecule is CC(C)(C)C(N)(CI)C(=O)ON. The molecule has 0 aromatic carbocycles. The van der Waals surface area contributed by atoms with E-state index in [-0.39, 0.29) is 5.41 Å². The summed E-state index contributed by atoms with van der Waals surface area (Å²) in [6.07, 6.45) is 0. The van der Waals surface area contributed by atoms with Gasteiger partial charge in [0.1, 0.15) is 5.54 Å². The summed E-state index contributed by atoms with van der Waals surface area (Å²) >= 11 is 2.05. The lowest BCUT2D eigenvalue weighted by atomic mass is 9.76. The van der Waals surface area contributed by atoms with Crippen LogP contribution in [0.2, 0.25) is 0 Å². The molecular formula is C7H15IN2O2. The highest BCUT2D eigenvalue weighted by molar-refractivity contribution is 14.1. The molecule has 0 rings (SSSR count). The summed E-state index contributed by atoms with van der Waals surface area (Å²) in [5.74, 6) is 4.23. The molecule has 4 nitrogen and oxygen atoms in total. The van der Waals surface area contributed by atoms with Crippen LogP contribution >= 0.6 is 22.6 Å². The summed E-state index contributed by atoms with van der Waals surface area (Å²) in [7, 11) is 0. The topological polar surface area (TPSA) is 78.3 Å². The van der Waals surface area contributed by atoms with Crippen LogP contribution in [-0.2, 0) is 9.63 Å². The van der Waals surface area contributed by atoms with Crippen LogP contribution in [0, 0.1) is 5.41 Å². The Hall–Kier alpha value is 0.120. The van der Waals surface area contributed by atoms with E-state index in [9.17, 15) is 4.79 Å². The number of rotatable bonds is 2. The highest BCUT2D eigenvalue weighted by atomic mass is 127. The van der Waals surface area contributed by atoms with E-state index in [2.05, 4.69) is 4.84 Å². The maximum Gasteiger partial charge on any atom is 0.345 e. The lowest BCUT2D eigenvalue weighted by molar-refractivity contribution is -0.153. The van der Waals surface area contributed by atoms with Crippen LogP contribution in [0.1, 0.15) is 20.8 Å². The van der Waals surface area contributed by atoms with Crippen LogP contribution in [-0.4, -0.2) is 15.9 Å². The molecule has 4 N–H and O–H groups in total. The number of carbonyl (C=O) groups is 1. The van der Waals surface area contributed by atoms with E-state index in [1.165, 1.54) is 0 Å². The highest BCUT2D eigenvalue weighted by Crippen LogP contribution is 2.30. The minimum atomic E-state index is -1.01. The van der Waals surface area contributed by atoms with Crippen molar-refractivity contribution in [3.8, 4) is 0 Å². The van der Waals surface area contributed by atoms with Crippen molar-refractivity contribution < 1.29 is 9.63 Å². The van der Waals surface area contributed by atoms with Crippen LogP contribution in [0.5, 0.6) is 0 Å². The molecule has 0 saturated heterocycles. The molecule has 0 amide bonds. The van der Waals surface area contributed by atoms with Crippen molar-refractivity contribution >= 4 is 28.6 Å². The fraction of sp³-hybridized carbons (Fsp3) is 0.857. The zero-order chi connectivity index (χ0) is 9.99. The highest BCUT2D eigenvalue weighted by Gasteiger charge is 2.45. The molecule has 5 heteroatoms. The molecule has 0 fully saturated rings. The quantitative estimate of drug-likeness (QED) is 0.442. The lowest BCUT2D eigenvalue weighted by Crippen LogP contribution is -2.60. The summed E-state index contributed by atoms with van der Waals surface area (Å²) in [6.45, 7) is 5.63. The van der Waals surface area contributed by atoms with Gasteiger partial charge in [-0.1, -0.05) is 43.4 Å². The number of hydrogen-bond donors (Lipinski definition) is 2. The Bertz CT molecular complexity index is 179. The zero-order valence-electron chi connectivity index (χ0n) is 7.56. The standard InChI is InChI=1S/C7H15IN2O2/c1-6(2,3)7(9,4-8)5(11)12-10/h4,9-10H2,1-3H3. The zero-order valence-corrected chi connectivity index (χ0v) is 9.71. The smallest absolute Gasteiger partial charge is 0.345 e. The molecule has 1 unspecified atom stereocenters. The van der Waals surface area contributed by atoms with Crippen molar-refractivity contribution in [1.29, 1.82) is 0 Å². The number of nitrogens with two attached hydrogens (primary N) is 2. The van der Waals surface area contributed by atoms with Gasteiger partial charge < -0.3 is 10.6 Å². The second kappa shape index (κ2) is 3.89. The van der Waals surface area contributed by atoms with E-state index >= 15 is 0 Å². The van der Waals surface area contributed by atoms with Crippen LogP contribution in [0.15, 0.2) is 0 Å². The minimum absolute atomic E-state index is 0.357. The lowest BCUT2D eigenvalue weighted by Gasteiger charge is -2.36. The van der Waals surface area contributed by atoms with Gasteiger partial charge >= 0.3 is 5.97 Å². The van der Waals surface area contributed by atoms with Crippen LogP contribution in [0.25, 0.3) is 0 Å². The molecule has 0 aromatic rings. The fourth-order valence-corrected chi connectivity index (χ4v) is 2.12. The van der Waals surface area contributed by atoms with Gasteiger partial charge in [-0.15, -0.1) is 0 Å². The van der Waals surface area contributed by atoms with Crippen molar-refractivity contribution in [1.82, 2.24) is 0 Å². The molecule has 72 valence electrons. The maximum atomic E-state index is 11.2. The van der Waals surface area contributed by atoms with E-state index in [4.69, 9.17) is 11.6 Å². The first-order valence-corrected chi connectivity index (χ1v) is 5.08. The van der Waals surface area contributed by atoms with Gasteiger partial charge in [-0.25, -0.2) is 4.79 Å². The van der Waals surface area contributed by atoms with Gasteiger partial charge in [0.2, 0.25) is 0 Å². The van der Waals surface area contributed by atoms with Gasteiger partial charge in [-0.3, -0.25) is 0 Å². The second-order valence-electron chi connectivity index (χ2n) is 3.76.